The van der Waals surface area contributed by atoms with Gasteiger partial charge in [-0.3, -0.25) is 4.98 Å². The number of rotatable bonds is 8. The van der Waals surface area contributed by atoms with Crippen molar-refractivity contribution in [1.82, 2.24) is 14.9 Å². The van der Waals surface area contributed by atoms with Crippen molar-refractivity contribution in [2.24, 2.45) is 11.5 Å². The molecule has 0 spiro atoms. The van der Waals surface area contributed by atoms with Gasteiger partial charge >= 0.3 is 0 Å². The van der Waals surface area contributed by atoms with Crippen LogP contribution in [0.5, 0.6) is 0 Å². The summed E-state index contributed by atoms with van der Waals surface area (Å²) in [6.45, 7) is 3.73. The minimum absolute atomic E-state index is 0.0756. The lowest BCUT2D eigenvalue weighted by Gasteiger charge is -2.29. The van der Waals surface area contributed by atoms with Crippen LogP contribution in [0, 0.1) is 0 Å². The smallest absolute Gasteiger partial charge is 0.133 e. The minimum atomic E-state index is -0.225. The van der Waals surface area contributed by atoms with E-state index in [0.717, 1.165) is 42.8 Å². The molecule has 0 fully saturated rings. The largest absolute Gasteiger partial charge is 0.375 e. The van der Waals surface area contributed by atoms with Crippen LogP contribution >= 0.6 is 34.7 Å². The molecule has 3 aromatic rings. The number of hydrogen-bond acceptors (Lipinski definition) is 8. The predicted molar refractivity (Wildman–Crippen MR) is 126 cm³/mol. The quantitative estimate of drug-likeness (QED) is 0.525. The van der Waals surface area contributed by atoms with Crippen LogP contribution in [0.25, 0.3) is 15.1 Å². The zero-order chi connectivity index (χ0) is 21.1. The summed E-state index contributed by atoms with van der Waals surface area (Å²) < 4.78 is 6.83. The van der Waals surface area contributed by atoms with Crippen molar-refractivity contribution in [1.29, 1.82) is 0 Å². The van der Waals surface area contributed by atoms with Crippen LogP contribution in [0.4, 0.5) is 0 Å². The molecule has 4 rings (SSSR count). The molecule has 4 N–H and O–H groups in total. The summed E-state index contributed by atoms with van der Waals surface area (Å²) in [6, 6.07) is 9.66. The highest BCUT2D eigenvalue weighted by atomic mass is 35.5. The summed E-state index contributed by atoms with van der Waals surface area (Å²) in [5, 5.41) is 1.67. The van der Waals surface area contributed by atoms with E-state index < -0.39 is 0 Å². The monoisotopic (exact) mass is 461 g/mol. The number of benzene rings is 1. The fraction of sp³-hybridized carbons (Fsp3) is 0.333. The highest BCUT2D eigenvalue weighted by Gasteiger charge is 2.33. The van der Waals surface area contributed by atoms with Crippen molar-refractivity contribution in [3.05, 3.63) is 64.0 Å². The van der Waals surface area contributed by atoms with Gasteiger partial charge in [0.05, 0.1) is 27.4 Å². The van der Waals surface area contributed by atoms with Crippen molar-refractivity contribution in [3.8, 4) is 0 Å². The molecule has 0 saturated carbocycles. The number of halogens is 1. The van der Waals surface area contributed by atoms with Crippen molar-refractivity contribution in [3.63, 3.8) is 0 Å². The molecule has 1 aliphatic rings. The number of nitrogens with two attached hydrogens (primary N) is 2. The molecule has 6 nitrogen and oxygen atoms in total. The minimum Gasteiger partial charge on any atom is -0.375 e. The summed E-state index contributed by atoms with van der Waals surface area (Å²) in [6.07, 6.45) is 4.35. The average Bonchev–Trinajstić information content (AvgIpc) is 3.29. The van der Waals surface area contributed by atoms with Gasteiger partial charge in [0, 0.05) is 36.6 Å². The maximum atomic E-state index is 6.51. The van der Waals surface area contributed by atoms with Crippen LogP contribution in [0.3, 0.4) is 0 Å². The Kier molecular flexibility index (Phi) is 6.92. The Labute approximate surface area is 189 Å². The number of fused-ring (bicyclic) bond motifs is 1. The van der Waals surface area contributed by atoms with E-state index in [2.05, 4.69) is 9.88 Å². The van der Waals surface area contributed by atoms with Crippen LogP contribution in [-0.4, -0.2) is 46.2 Å². The molecule has 2 aromatic heterocycles. The maximum Gasteiger partial charge on any atom is 0.133 e. The Morgan fingerprint density at radius 2 is 2.07 bits per heavy atom. The molecular weight excluding hydrogens is 438 g/mol. The molecule has 0 radical (unpaired) electrons. The van der Waals surface area contributed by atoms with Crippen LogP contribution in [0.2, 0.25) is 5.02 Å². The van der Waals surface area contributed by atoms with E-state index in [4.69, 9.17) is 32.8 Å². The number of thiazole rings is 1. The van der Waals surface area contributed by atoms with Crippen LogP contribution < -0.4 is 11.5 Å². The lowest BCUT2D eigenvalue weighted by atomic mass is 10.1. The van der Waals surface area contributed by atoms with Crippen molar-refractivity contribution >= 4 is 49.8 Å². The van der Waals surface area contributed by atoms with Gasteiger partial charge in [-0.2, -0.15) is 0 Å². The van der Waals surface area contributed by atoms with Gasteiger partial charge in [0.25, 0.3) is 0 Å². The molecule has 2 atom stereocenters. The Morgan fingerprint density at radius 1 is 1.27 bits per heavy atom. The lowest BCUT2D eigenvalue weighted by Crippen LogP contribution is -2.44. The van der Waals surface area contributed by atoms with Crippen molar-refractivity contribution in [2.75, 3.05) is 19.8 Å². The first-order chi connectivity index (χ1) is 14.5. The van der Waals surface area contributed by atoms with E-state index >= 15 is 0 Å². The van der Waals surface area contributed by atoms with Crippen LogP contribution in [-0.2, 0) is 11.2 Å². The van der Waals surface area contributed by atoms with Gasteiger partial charge in [0.15, 0.2) is 0 Å². The number of nitrogens with zero attached hydrogens (tertiary/aromatic N) is 3. The van der Waals surface area contributed by atoms with Gasteiger partial charge in [0.1, 0.15) is 10.5 Å². The fourth-order valence-electron chi connectivity index (χ4n) is 3.39. The summed E-state index contributed by atoms with van der Waals surface area (Å²) in [5.41, 5.74) is 15.9. The zero-order valence-corrected chi connectivity index (χ0v) is 19.0. The van der Waals surface area contributed by atoms with Gasteiger partial charge in [-0.1, -0.05) is 35.5 Å². The molecule has 0 amide bonds. The van der Waals surface area contributed by atoms with Gasteiger partial charge in [-0.25, -0.2) is 4.98 Å². The first kappa shape index (κ1) is 21.5. The second kappa shape index (κ2) is 9.64. The van der Waals surface area contributed by atoms with E-state index in [1.54, 1.807) is 29.3 Å². The number of hydrogen-bond donors (Lipinski definition) is 2. The number of thioether (sulfide) groups is 1. The normalized spacial score (nSPS) is 17.9. The van der Waals surface area contributed by atoms with Crippen LogP contribution in [0.1, 0.15) is 17.5 Å². The fourth-order valence-corrected chi connectivity index (χ4v) is 5.72. The Morgan fingerprint density at radius 3 is 2.80 bits per heavy atom. The maximum absolute atomic E-state index is 6.51. The highest BCUT2D eigenvalue weighted by molar-refractivity contribution is 8.09. The molecule has 0 aliphatic carbocycles. The standard InChI is InChI=1S/C21H24ClN5OS2/c1-2-28-12-17-19(20-26-16-7-8-25-10-18(16)29-20)30-21(24)27(17)11-15(23)9-13-3-5-14(22)6-4-13/h3-8,10,15,21H,2,9,11-12,23-24H2,1H3/t15-,21?/m1/s1. The Hall–Kier alpha value is -1.68. The first-order valence-corrected chi connectivity index (χ1v) is 11.8. The van der Waals surface area contributed by atoms with Gasteiger partial charge in [-0.15, -0.1) is 11.3 Å². The van der Waals surface area contributed by atoms with Gasteiger partial charge in [-0.05, 0) is 37.1 Å². The Balaban J connectivity index is 1.58. The van der Waals surface area contributed by atoms with Gasteiger partial charge in [0.2, 0.25) is 0 Å². The second-order valence-electron chi connectivity index (χ2n) is 7.03. The topological polar surface area (TPSA) is 90.3 Å². The average molecular weight is 462 g/mol. The van der Waals surface area contributed by atoms with E-state index in [9.17, 15) is 0 Å². The highest BCUT2D eigenvalue weighted by Crippen LogP contribution is 2.44. The molecule has 9 heteroatoms. The van der Waals surface area contributed by atoms with E-state index in [1.807, 2.05) is 43.5 Å². The third kappa shape index (κ3) is 4.80. The lowest BCUT2D eigenvalue weighted by molar-refractivity contribution is 0.143. The molecule has 1 unspecified atom stereocenters. The summed E-state index contributed by atoms with van der Waals surface area (Å²) in [4.78, 5) is 12.2. The summed E-state index contributed by atoms with van der Waals surface area (Å²) in [7, 11) is 0. The molecule has 158 valence electrons. The third-order valence-electron chi connectivity index (χ3n) is 4.83. The van der Waals surface area contributed by atoms with Crippen LogP contribution in [0.15, 0.2) is 48.4 Å². The molecule has 0 saturated heterocycles. The molecule has 3 heterocycles. The Bertz CT molecular complexity index is 1010. The van der Waals surface area contributed by atoms with Gasteiger partial charge < -0.3 is 21.1 Å². The SMILES string of the molecule is CCOCC1=C(c2nc3ccncc3s2)SC(N)N1C[C@H](N)Cc1ccc(Cl)cc1. The predicted octanol–water partition coefficient (Wildman–Crippen LogP) is 3.91. The zero-order valence-electron chi connectivity index (χ0n) is 16.6. The molecule has 1 aromatic carbocycles. The number of pyridine rings is 1. The molecule has 0 bridgehead atoms. The molecule has 30 heavy (non-hydrogen) atoms. The van der Waals surface area contributed by atoms with E-state index in [1.165, 1.54) is 0 Å². The third-order valence-corrected chi connectivity index (χ3v) is 7.39. The molecular formula is C21H24ClN5OS2. The second-order valence-corrected chi connectivity index (χ2v) is 9.62. The van der Waals surface area contributed by atoms with E-state index in [-0.39, 0.29) is 11.5 Å². The first-order valence-electron chi connectivity index (χ1n) is 9.76. The van der Waals surface area contributed by atoms with Crippen molar-refractivity contribution < 1.29 is 4.74 Å². The number of aromatic nitrogens is 2. The number of ether oxygens (including phenoxy) is 1. The van der Waals surface area contributed by atoms with E-state index in [0.29, 0.717) is 19.8 Å². The summed E-state index contributed by atoms with van der Waals surface area (Å²) >= 11 is 9.22. The molecule has 1 aliphatic heterocycles. The summed E-state index contributed by atoms with van der Waals surface area (Å²) in [5.74, 6) is 0. The van der Waals surface area contributed by atoms with Crippen molar-refractivity contribution in [2.45, 2.75) is 24.9 Å².